The summed E-state index contributed by atoms with van der Waals surface area (Å²) in [6.45, 7) is 3.92. The Hall–Kier alpha value is -1.36. The van der Waals surface area contributed by atoms with Crippen molar-refractivity contribution in [2.45, 2.75) is 19.8 Å². The average Bonchev–Trinajstić information content (AvgIpc) is 2.52. The molecule has 0 saturated heterocycles. The first-order valence-corrected chi connectivity index (χ1v) is 4.11. The van der Waals surface area contributed by atoms with Gasteiger partial charge in [-0.2, -0.15) is 4.52 Å². The van der Waals surface area contributed by atoms with Gasteiger partial charge in [-0.3, -0.25) is 9.89 Å². The Labute approximate surface area is 86.6 Å². The lowest BCUT2D eigenvalue weighted by atomic mass is 10.1. The van der Waals surface area contributed by atoms with E-state index in [9.17, 15) is 4.79 Å². The predicted molar refractivity (Wildman–Crippen MR) is 54.9 cm³/mol. The number of H-pyrrole nitrogens is 1. The van der Waals surface area contributed by atoms with Gasteiger partial charge in [0.15, 0.2) is 0 Å². The van der Waals surface area contributed by atoms with E-state index in [1.165, 1.54) is 10.8 Å². The summed E-state index contributed by atoms with van der Waals surface area (Å²) in [5.41, 5.74) is 0.624. The molecule has 0 aromatic carbocycles. The number of nitrogens with zero attached hydrogens (tertiary/aromatic N) is 3. The van der Waals surface area contributed by atoms with Crippen molar-refractivity contribution in [3.05, 3.63) is 28.4 Å². The molecule has 0 unspecified atom stereocenters. The van der Waals surface area contributed by atoms with E-state index in [0.717, 1.165) is 0 Å². The molecular weight excluding hydrogens is 204 g/mol. The SMILES string of the molecule is CC(C)c1cnc2nc[nH]n2c1=O.Cl. The fourth-order valence-corrected chi connectivity index (χ4v) is 1.21. The Morgan fingerprint density at radius 2 is 2.14 bits per heavy atom. The molecule has 0 fully saturated rings. The van der Waals surface area contributed by atoms with Gasteiger partial charge in [-0.15, -0.1) is 12.4 Å². The summed E-state index contributed by atoms with van der Waals surface area (Å²) in [7, 11) is 0. The monoisotopic (exact) mass is 214 g/mol. The molecule has 2 aromatic rings. The maximum absolute atomic E-state index is 11.7. The van der Waals surface area contributed by atoms with Crippen LogP contribution in [0.3, 0.4) is 0 Å². The zero-order valence-electron chi connectivity index (χ0n) is 7.89. The van der Waals surface area contributed by atoms with Gasteiger partial charge < -0.3 is 0 Å². The van der Waals surface area contributed by atoms with Crippen molar-refractivity contribution < 1.29 is 0 Å². The first kappa shape index (κ1) is 10.7. The van der Waals surface area contributed by atoms with Crippen LogP contribution in [0, 0.1) is 0 Å². The highest BCUT2D eigenvalue weighted by atomic mass is 35.5. The van der Waals surface area contributed by atoms with Gasteiger partial charge in [0, 0.05) is 11.8 Å². The lowest BCUT2D eigenvalue weighted by Crippen LogP contribution is -2.20. The van der Waals surface area contributed by atoms with Gasteiger partial charge in [-0.05, 0) is 5.92 Å². The third kappa shape index (κ3) is 1.50. The second kappa shape index (κ2) is 3.79. The summed E-state index contributed by atoms with van der Waals surface area (Å²) < 4.78 is 1.34. The van der Waals surface area contributed by atoms with E-state index < -0.39 is 0 Å². The number of aromatic nitrogens is 4. The first-order chi connectivity index (χ1) is 6.20. The van der Waals surface area contributed by atoms with Gasteiger partial charge in [0.25, 0.3) is 11.3 Å². The Morgan fingerprint density at radius 3 is 2.79 bits per heavy atom. The van der Waals surface area contributed by atoms with Crippen LogP contribution in [0.25, 0.3) is 5.78 Å². The van der Waals surface area contributed by atoms with Gasteiger partial charge in [-0.1, -0.05) is 13.8 Å². The highest BCUT2D eigenvalue weighted by Gasteiger charge is 2.08. The maximum atomic E-state index is 11.7. The van der Waals surface area contributed by atoms with Gasteiger partial charge in [0.2, 0.25) is 0 Å². The number of rotatable bonds is 1. The standard InChI is InChI=1S/C8H10N4O.ClH/c1-5(2)6-3-9-8-10-4-11-12(8)7(6)13;/h3-5H,1-2H3,(H,9,10,11);1H. The Balaban J connectivity index is 0.000000980. The number of nitrogens with one attached hydrogen (secondary N) is 1. The van der Waals surface area contributed by atoms with Gasteiger partial charge >= 0.3 is 0 Å². The normalized spacial score (nSPS) is 10.5. The maximum Gasteiger partial charge on any atom is 0.277 e. The van der Waals surface area contributed by atoms with E-state index in [-0.39, 0.29) is 23.9 Å². The summed E-state index contributed by atoms with van der Waals surface area (Å²) in [5.74, 6) is 0.592. The highest BCUT2D eigenvalue weighted by molar-refractivity contribution is 5.85. The molecule has 76 valence electrons. The second-order valence-electron chi connectivity index (χ2n) is 3.20. The smallest absolute Gasteiger partial charge is 0.277 e. The Morgan fingerprint density at radius 1 is 1.43 bits per heavy atom. The number of hydrogen-bond donors (Lipinski definition) is 1. The van der Waals surface area contributed by atoms with Crippen molar-refractivity contribution in [3.63, 3.8) is 0 Å². The van der Waals surface area contributed by atoms with Crippen molar-refractivity contribution in [1.82, 2.24) is 19.6 Å². The third-order valence-electron chi connectivity index (χ3n) is 1.96. The van der Waals surface area contributed by atoms with Crippen LogP contribution in [0.15, 0.2) is 17.3 Å². The van der Waals surface area contributed by atoms with E-state index in [0.29, 0.717) is 11.3 Å². The average molecular weight is 215 g/mol. The lowest BCUT2D eigenvalue weighted by molar-refractivity contribution is 0.793. The quantitative estimate of drug-likeness (QED) is 0.769. The molecule has 0 aliphatic rings. The van der Waals surface area contributed by atoms with Crippen molar-refractivity contribution in [1.29, 1.82) is 0 Å². The largest absolute Gasteiger partial charge is 0.278 e. The fourth-order valence-electron chi connectivity index (χ4n) is 1.21. The van der Waals surface area contributed by atoms with Crippen LogP contribution >= 0.6 is 12.4 Å². The first-order valence-electron chi connectivity index (χ1n) is 4.11. The second-order valence-corrected chi connectivity index (χ2v) is 3.20. The minimum absolute atomic E-state index is 0. The van der Waals surface area contributed by atoms with E-state index in [4.69, 9.17) is 0 Å². The van der Waals surface area contributed by atoms with Gasteiger partial charge in [0.05, 0.1) is 0 Å². The van der Waals surface area contributed by atoms with Crippen molar-refractivity contribution in [3.8, 4) is 0 Å². The molecule has 14 heavy (non-hydrogen) atoms. The molecule has 2 heterocycles. The van der Waals surface area contributed by atoms with Crippen LogP contribution in [0.1, 0.15) is 25.3 Å². The summed E-state index contributed by atoms with van der Waals surface area (Å²) in [6, 6.07) is 0. The number of fused-ring (bicyclic) bond motifs is 1. The van der Waals surface area contributed by atoms with Crippen molar-refractivity contribution >= 4 is 18.2 Å². The highest BCUT2D eigenvalue weighted by Crippen LogP contribution is 2.07. The van der Waals surface area contributed by atoms with E-state index >= 15 is 0 Å². The van der Waals surface area contributed by atoms with E-state index in [1.807, 2.05) is 13.8 Å². The van der Waals surface area contributed by atoms with Crippen LogP contribution in [0.2, 0.25) is 0 Å². The molecule has 0 bridgehead atoms. The molecule has 2 aromatic heterocycles. The Kier molecular flexibility index (Phi) is 2.90. The summed E-state index contributed by atoms with van der Waals surface area (Å²) >= 11 is 0. The third-order valence-corrected chi connectivity index (χ3v) is 1.96. The predicted octanol–water partition coefficient (Wildman–Crippen LogP) is 0.963. The van der Waals surface area contributed by atoms with Crippen molar-refractivity contribution in [2.75, 3.05) is 0 Å². The van der Waals surface area contributed by atoms with Crippen LogP contribution in [0.4, 0.5) is 0 Å². The van der Waals surface area contributed by atoms with Crippen LogP contribution in [0.5, 0.6) is 0 Å². The molecule has 5 nitrogen and oxygen atoms in total. The summed E-state index contributed by atoms with van der Waals surface area (Å²) in [6.07, 6.45) is 3.04. The zero-order chi connectivity index (χ0) is 9.42. The molecule has 0 aliphatic carbocycles. The number of halogens is 1. The summed E-state index contributed by atoms with van der Waals surface area (Å²) in [5, 5.41) is 2.71. The molecule has 0 radical (unpaired) electrons. The van der Waals surface area contributed by atoms with Gasteiger partial charge in [0.1, 0.15) is 6.33 Å². The number of aromatic amines is 1. The van der Waals surface area contributed by atoms with Gasteiger partial charge in [-0.25, -0.2) is 9.97 Å². The molecular formula is C8H11ClN4O. The molecule has 1 N–H and O–H groups in total. The van der Waals surface area contributed by atoms with Crippen molar-refractivity contribution in [2.24, 2.45) is 0 Å². The number of hydrogen-bond acceptors (Lipinski definition) is 3. The Bertz CT molecular complexity index is 487. The minimum atomic E-state index is -0.0718. The minimum Gasteiger partial charge on any atom is -0.278 e. The van der Waals surface area contributed by atoms with E-state index in [1.54, 1.807) is 6.20 Å². The van der Waals surface area contributed by atoms with Crippen LogP contribution in [-0.2, 0) is 0 Å². The molecule has 0 saturated carbocycles. The fraction of sp³-hybridized carbons (Fsp3) is 0.375. The van der Waals surface area contributed by atoms with Crippen LogP contribution < -0.4 is 5.56 Å². The lowest BCUT2D eigenvalue weighted by Gasteiger charge is -2.02. The topological polar surface area (TPSA) is 63.1 Å². The zero-order valence-corrected chi connectivity index (χ0v) is 8.71. The summed E-state index contributed by atoms with van der Waals surface area (Å²) in [4.78, 5) is 19.6. The molecule has 0 aliphatic heterocycles. The molecule has 0 spiro atoms. The molecule has 0 atom stereocenters. The molecule has 0 amide bonds. The molecule has 6 heteroatoms. The van der Waals surface area contributed by atoms with Crippen LogP contribution in [-0.4, -0.2) is 19.6 Å². The van der Waals surface area contributed by atoms with E-state index in [2.05, 4.69) is 15.1 Å². The molecule has 2 rings (SSSR count).